The number of pyridine rings is 1. The number of hydrogen-bond acceptors (Lipinski definition) is 5. The van der Waals surface area contributed by atoms with Gasteiger partial charge in [-0.25, -0.2) is 18.2 Å². The predicted octanol–water partition coefficient (Wildman–Crippen LogP) is 2.80. The Bertz CT molecular complexity index is 796. The van der Waals surface area contributed by atoms with Crippen LogP contribution in [0.3, 0.4) is 0 Å². The maximum atomic E-state index is 13.2. The van der Waals surface area contributed by atoms with Crippen molar-refractivity contribution in [1.29, 1.82) is 0 Å². The lowest BCUT2D eigenvalue weighted by Crippen LogP contribution is -1.93. The predicted molar refractivity (Wildman–Crippen MR) is 67.3 cm³/mol. The molecule has 0 aliphatic rings. The molecule has 0 aliphatic carbocycles. The molecule has 0 atom stereocenters. The van der Waals surface area contributed by atoms with Crippen LogP contribution >= 0.6 is 0 Å². The number of nitrogens with zero attached hydrogens (tertiary/aromatic N) is 3. The number of halogens is 3. The first kappa shape index (κ1) is 13.1. The zero-order valence-electron chi connectivity index (χ0n) is 10.3. The Kier molecular flexibility index (Phi) is 3.05. The molecule has 2 aromatic heterocycles. The summed E-state index contributed by atoms with van der Waals surface area (Å²) < 4.78 is 44.3. The first-order valence-corrected chi connectivity index (χ1v) is 5.75. The average molecular weight is 292 g/mol. The highest BCUT2D eigenvalue weighted by molar-refractivity contribution is 5.61. The summed E-state index contributed by atoms with van der Waals surface area (Å²) in [7, 11) is 0. The molecule has 0 saturated carbocycles. The van der Waals surface area contributed by atoms with Crippen molar-refractivity contribution in [3.63, 3.8) is 0 Å². The van der Waals surface area contributed by atoms with Crippen LogP contribution in [0.1, 0.15) is 0 Å². The van der Waals surface area contributed by atoms with E-state index in [1.165, 1.54) is 12.3 Å². The fraction of sp³-hybridized carbons (Fsp3) is 0. The second kappa shape index (κ2) is 4.89. The molecule has 106 valence electrons. The van der Waals surface area contributed by atoms with E-state index in [2.05, 4.69) is 15.1 Å². The molecule has 0 bridgehead atoms. The number of aromatic nitrogens is 3. The largest absolute Gasteiger partial charge is 0.384 e. The highest BCUT2D eigenvalue weighted by Gasteiger charge is 2.16. The molecule has 0 aliphatic heterocycles. The third kappa shape index (κ3) is 2.42. The summed E-state index contributed by atoms with van der Waals surface area (Å²) in [6, 6.07) is 4.66. The SMILES string of the molecule is Nc1cc(-c2nc(-c3cc(F)c(F)c(F)c3)no2)ccn1. The number of hydrogen-bond donors (Lipinski definition) is 1. The normalized spacial score (nSPS) is 10.8. The molecule has 0 unspecified atom stereocenters. The van der Waals surface area contributed by atoms with Crippen LogP contribution in [-0.2, 0) is 0 Å². The molecule has 0 spiro atoms. The van der Waals surface area contributed by atoms with Gasteiger partial charge in [-0.3, -0.25) is 0 Å². The van der Waals surface area contributed by atoms with Crippen molar-refractivity contribution in [3.8, 4) is 22.8 Å². The average Bonchev–Trinajstić information content (AvgIpc) is 2.94. The van der Waals surface area contributed by atoms with Gasteiger partial charge in [0.05, 0.1) is 0 Å². The molecule has 5 nitrogen and oxygen atoms in total. The first-order valence-electron chi connectivity index (χ1n) is 5.75. The van der Waals surface area contributed by atoms with E-state index in [1.54, 1.807) is 6.07 Å². The fourth-order valence-corrected chi connectivity index (χ4v) is 1.72. The molecule has 2 N–H and O–H groups in total. The van der Waals surface area contributed by atoms with E-state index in [0.717, 1.165) is 12.1 Å². The van der Waals surface area contributed by atoms with Gasteiger partial charge in [0.15, 0.2) is 17.5 Å². The lowest BCUT2D eigenvalue weighted by molar-refractivity contribution is 0.431. The molecule has 0 saturated heterocycles. The van der Waals surface area contributed by atoms with Gasteiger partial charge in [0.1, 0.15) is 5.82 Å². The van der Waals surface area contributed by atoms with Crippen molar-refractivity contribution in [2.45, 2.75) is 0 Å². The number of nitrogen functional groups attached to an aromatic ring is 1. The number of anilines is 1. The van der Waals surface area contributed by atoms with Gasteiger partial charge in [-0.2, -0.15) is 4.98 Å². The summed E-state index contributed by atoms with van der Waals surface area (Å²) in [5.41, 5.74) is 5.99. The van der Waals surface area contributed by atoms with Gasteiger partial charge in [0, 0.05) is 17.3 Å². The maximum Gasteiger partial charge on any atom is 0.258 e. The van der Waals surface area contributed by atoms with E-state index in [0.29, 0.717) is 5.56 Å². The van der Waals surface area contributed by atoms with Crippen LogP contribution < -0.4 is 5.73 Å². The first-order chi connectivity index (χ1) is 10.0. The Morgan fingerprint density at radius 2 is 1.71 bits per heavy atom. The number of nitrogens with two attached hydrogens (primary N) is 1. The van der Waals surface area contributed by atoms with Crippen LogP contribution in [0, 0.1) is 17.5 Å². The quantitative estimate of drug-likeness (QED) is 0.735. The van der Waals surface area contributed by atoms with Gasteiger partial charge >= 0.3 is 0 Å². The van der Waals surface area contributed by atoms with Gasteiger partial charge in [0.2, 0.25) is 5.82 Å². The third-order valence-electron chi connectivity index (χ3n) is 2.70. The van der Waals surface area contributed by atoms with Crippen LogP contribution in [0.25, 0.3) is 22.8 Å². The van der Waals surface area contributed by atoms with Crippen molar-refractivity contribution in [1.82, 2.24) is 15.1 Å². The van der Waals surface area contributed by atoms with Crippen LogP contribution in [0.15, 0.2) is 35.0 Å². The standard InChI is InChI=1S/C13H7F3N4O/c14-8-3-7(4-9(15)11(8)16)12-19-13(21-20-12)6-1-2-18-10(17)5-6/h1-5H,(H2,17,18). The summed E-state index contributed by atoms with van der Waals surface area (Å²) in [6.45, 7) is 0. The minimum atomic E-state index is -1.55. The lowest BCUT2D eigenvalue weighted by Gasteiger charge is -1.98. The molecule has 8 heteroatoms. The summed E-state index contributed by atoms with van der Waals surface area (Å²) in [5, 5.41) is 3.60. The molecule has 2 heterocycles. The van der Waals surface area contributed by atoms with Crippen LogP contribution in [0.2, 0.25) is 0 Å². The van der Waals surface area contributed by atoms with Crippen molar-refractivity contribution >= 4 is 5.82 Å². The van der Waals surface area contributed by atoms with Gasteiger partial charge in [-0.05, 0) is 24.3 Å². The topological polar surface area (TPSA) is 77.8 Å². The second-order valence-electron chi connectivity index (χ2n) is 4.15. The molecular formula is C13H7F3N4O. The van der Waals surface area contributed by atoms with Crippen LogP contribution in [-0.4, -0.2) is 15.1 Å². The molecule has 1 aromatic carbocycles. The van der Waals surface area contributed by atoms with E-state index in [1.807, 2.05) is 0 Å². The summed E-state index contributed by atoms with van der Waals surface area (Å²) in [5.74, 6) is -3.92. The van der Waals surface area contributed by atoms with Crippen molar-refractivity contribution in [2.24, 2.45) is 0 Å². The second-order valence-corrected chi connectivity index (χ2v) is 4.15. The summed E-state index contributed by atoms with van der Waals surface area (Å²) in [4.78, 5) is 7.80. The minimum absolute atomic E-state index is 0.0385. The Labute approximate surface area is 116 Å². The van der Waals surface area contributed by atoms with Crippen molar-refractivity contribution in [2.75, 3.05) is 5.73 Å². The lowest BCUT2D eigenvalue weighted by atomic mass is 10.2. The minimum Gasteiger partial charge on any atom is -0.384 e. The van der Waals surface area contributed by atoms with E-state index < -0.39 is 17.5 Å². The number of benzene rings is 1. The monoisotopic (exact) mass is 292 g/mol. The van der Waals surface area contributed by atoms with E-state index in [-0.39, 0.29) is 23.1 Å². The van der Waals surface area contributed by atoms with Gasteiger partial charge < -0.3 is 10.3 Å². The van der Waals surface area contributed by atoms with Gasteiger partial charge in [-0.15, -0.1) is 0 Å². The van der Waals surface area contributed by atoms with Crippen LogP contribution in [0.5, 0.6) is 0 Å². The fourth-order valence-electron chi connectivity index (χ4n) is 1.72. The Hall–Kier alpha value is -2.90. The van der Waals surface area contributed by atoms with E-state index >= 15 is 0 Å². The Morgan fingerprint density at radius 1 is 1.00 bits per heavy atom. The third-order valence-corrected chi connectivity index (χ3v) is 2.70. The van der Waals surface area contributed by atoms with Gasteiger partial charge in [0.25, 0.3) is 5.89 Å². The molecular weight excluding hydrogens is 285 g/mol. The molecule has 21 heavy (non-hydrogen) atoms. The van der Waals surface area contributed by atoms with Crippen molar-refractivity contribution < 1.29 is 17.7 Å². The molecule has 0 fully saturated rings. The number of rotatable bonds is 2. The smallest absolute Gasteiger partial charge is 0.258 e. The highest BCUT2D eigenvalue weighted by Crippen LogP contribution is 2.25. The molecule has 0 radical (unpaired) electrons. The van der Waals surface area contributed by atoms with Gasteiger partial charge in [-0.1, -0.05) is 5.16 Å². The zero-order chi connectivity index (χ0) is 15.0. The summed E-state index contributed by atoms with van der Waals surface area (Å²) in [6.07, 6.45) is 1.45. The zero-order valence-corrected chi connectivity index (χ0v) is 10.3. The Balaban J connectivity index is 2.02. The highest BCUT2D eigenvalue weighted by atomic mass is 19.2. The van der Waals surface area contributed by atoms with Crippen LogP contribution in [0.4, 0.5) is 19.0 Å². The Morgan fingerprint density at radius 3 is 2.38 bits per heavy atom. The molecule has 0 amide bonds. The molecule has 3 aromatic rings. The van der Waals surface area contributed by atoms with E-state index in [9.17, 15) is 13.2 Å². The van der Waals surface area contributed by atoms with Crippen molar-refractivity contribution in [3.05, 3.63) is 47.9 Å². The van der Waals surface area contributed by atoms with E-state index in [4.69, 9.17) is 10.3 Å². The summed E-state index contributed by atoms with van der Waals surface area (Å²) >= 11 is 0. The maximum absolute atomic E-state index is 13.2. The molecule has 3 rings (SSSR count).